The number of amidine groups is 1. The van der Waals surface area contributed by atoms with Gasteiger partial charge in [0.2, 0.25) is 0 Å². The third-order valence-electron chi connectivity index (χ3n) is 3.66. The number of ether oxygens (including phenoxy) is 1. The Morgan fingerprint density at radius 2 is 2.29 bits per heavy atom. The molecular formula is C11H20N2O. The molecule has 2 atom stereocenters. The Labute approximate surface area is 85.7 Å². The number of rotatable bonds is 1. The van der Waals surface area contributed by atoms with E-state index in [4.69, 9.17) is 10.5 Å². The summed E-state index contributed by atoms with van der Waals surface area (Å²) in [7, 11) is 0. The predicted octanol–water partition coefficient (Wildman–Crippen LogP) is 1.92. The maximum absolute atomic E-state index is 5.79. The lowest BCUT2D eigenvalue weighted by Gasteiger charge is -2.41. The quantitative estimate of drug-likeness (QED) is 0.696. The van der Waals surface area contributed by atoms with Crippen molar-refractivity contribution in [2.75, 3.05) is 6.54 Å². The molecule has 0 amide bonds. The lowest BCUT2D eigenvalue weighted by molar-refractivity contribution is -0.0309. The maximum Gasteiger partial charge on any atom is 0.282 e. The monoisotopic (exact) mass is 196 g/mol. The van der Waals surface area contributed by atoms with Crippen LogP contribution in [0.4, 0.5) is 0 Å². The predicted molar refractivity (Wildman–Crippen MR) is 57.1 cm³/mol. The highest BCUT2D eigenvalue weighted by atomic mass is 16.5. The van der Waals surface area contributed by atoms with Gasteiger partial charge < -0.3 is 10.5 Å². The molecule has 1 spiro atoms. The molecule has 1 heterocycles. The summed E-state index contributed by atoms with van der Waals surface area (Å²) in [6.07, 6.45) is 4.97. The zero-order chi connectivity index (χ0) is 10.2. The van der Waals surface area contributed by atoms with Crippen LogP contribution in [0.3, 0.4) is 0 Å². The van der Waals surface area contributed by atoms with Crippen molar-refractivity contribution < 1.29 is 4.74 Å². The second kappa shape index (κ2) is 3.44. The fourth-order valence-corrected chi connectivity index (χ4v) is 2.99. The van der Waals surface area contributed by atoms with Crippen LogP contribution in [0.5, 0.6) is 0 Å². The molecule has 14 heavy (non-hydrogen) atoms. The number of hydrogen-bond donors (Lipinski definition) is 1. The minimum atomic E-state index is -0.0451. The van der Waals surface area contributed by atoms with Gasteiger partial charge >= 0.3 is 0 Å². The molecule has 0 radical (unpaired) electrons. The van der Waals surface area contributed by atoms with Gasteiger partial charge in [-0.3, -0.25) is 0 Å². The molecule has 2 aliphatic rings. The van der Waals surface area contributed by atoms with Crippen LogP contribution in [0.25, 0.3) is 0 Å². The average molecular weight is 196 g/mol. The molecule has 1 saturated carbocycles. The summed E-state index contributed by atoms with van der Waals surface area (Å²) in [5.41, 5.74) is 5.59. The zero-order valence-electron chi connectivity index (χ0n) is 9.12. The van der Waals surface area contributed by atoms with Gasteiger partial charge in [0.15, 0.2) is 0 Å². The normalized spacial score (nSPS) is 37.4. The largest absolute Gasteiger partial charge is 0.457 e. The van der Waals surface area contributed by atoms with E-state index < -0.39 is 0 Å². The first-order chi connectivity index (χ1) is 6.64. The minimum Gasteiger partial charge on any atom is -0.457 e. The van der Waals surface area contributed by atoms with Gasteiger partial charge in [-0.25, -0.2) is 4.99 Å². The summed E-state index contributed by atoms with van der Waals surface area (Å²) < 4.78 is 5.79. The molecule has 1 aliphatic carbocycles. The van der Waals surface area contributed by atoms with Crippen molar-refractivity contribution in [2.45, 2.75) is 45.1 Å². The zero-order valence-corrected chi connectivity index (χ0v) is 9.12. The third kappa shape index (κ3) is 1.49. The molecule has 0 aromatic rings. The van der Waals surface area contributed by atoms with E-state index in [9.17, 15) is 0 Å². The standard InChI is InChI=1S/C11H20N2O/c1-8(2)9-5-3-4-6-11(9)7-13-10(12)14-11/h8-9H,3-7H2,1-2H3,(H2,12,13). The summed E-state index contributed by atoms with van der Waals surface area (Å²) in [5.74, 6) is 1.29. The Kier molecular flexibility index (Phi) is 2.41. The SMILES string of the molecule is CC(C)C1CCCCC12CN=C(N)O2. The fraction of sp³-hybridized carbons (Fsp3) is 0.909. The van der Waals surface area contributed by atoms with Gasteiger partial charge in [-0.2, -0.15) is 0 Å². The lowest BCUT2D eigenvalue weighted by Crippen LogP contribution is -2.47. The molecular weight excluding hydrogens is 176 g/mol. The third-order valence-corrected chi connectivity index (χ3v) is 3.66. The molecule has 2 rings (SSSR count). The molecule has 3 nitrogen and oxygen atoms in total. The Hall–Kier alpha value is -0.730. The average Bonchev–Trinajstić information content (AvgIpc) is 2.48. The van der Waals surface area contributed by atoms with Gasteiger partial charge in [0.1, 0.15) is 5.60 Å². The summed E-state index contributed by atoms with van der Waals surface area (Å²) in [6, 6.07) is 0.401. The number of nitrogens with zero attached hydrogens (tertiary/aromatic N) is 1. The molecule has 3 heteroatoms. The summed E-state index contributed by atoms with van der Waals surface area (Å²) in [4.78, 5) is 4.22. The molecule has 0 saturated heterocycles. The fourth-order valence-electron chi connectivity index (χ4n) is 2.99. The molecule has 1 fully saturated rings. The van der Waals surface area contributed by atoms with E-state index in [-0.39, 0.29) is 5.60 Å². The van der Waals surface area contributed by atoms with Crippen molar-refractivity contribution in [2.24, 2.45) is 22.6 Å². The molecule has 1 aliphatic heterocycles. The molecule has 80 valence electrons. The summed E-state index contributed by atoms with van der Waals surface area (Å²) in [5, 5.41) is 0. The Balaban J connectivity index is 2.14. The van der Waals surface area contributed by atoms with Crippen molar-refractivity contribution in [1.29, 1.82) is 0 Å². The molecule has 2 N–H and O–H groups in total. The van der Waals surface area contributed by atoms with Crippen LogP contribution in [0.2, 0.25) is 0 Å². The molecule has 0 bridgehead atoms. The number of nitrogens with two attached hydrogens (primary N) is 1. The van der Waals surface area contributed by atoms with Crippen molar-refractivity contribution in [3.8, 4) is 0 Å². The summed E-state index contributed by atoms with van der Waals surface area (Å²) >= 11 is 0. The van der Waals surface area contributed by atoms with Crippen LogP contribution in [0.1, 0.15) is 39.5 Å². The lowest BCUT2D eigenvalue weighted by atomic mass is 9.70. The van der Waals surface area contributed by atoms with Gasteiger partial charge in [0.25, 0.3) is 6.02 Å². The smallest absolute Gasteiger partial charge is 0.282 e. The van der Waals surface area contributed by atoms with Gasteiger partial charge in [-0.15, -0.1) is 0 Å². The van der Waals surface area contributed by atoms with Gasteiger partial charge in [0, 0.05) is 5.92 Å². The first-order valence-electron chi connectivity index (χ1n) is 5.63. The minimum absolute atomic E-state index is 0.0451. The summed E-state index contributed by atoms with van der Waals surface area (Å²) in [6.45, 7) is 5.33. The van der Waals surface area contributed by atoms with Crippen molar-refractivity contribution in [3.05, 3.63) is 0 Å². The second-order valence-electron chi connectivity index (χ2n) is 4.92. The van der Waals surface area contributed by atoms with Crippen molar-refractivity contribution >= 4 is 6.02 Å². The molecule has 0 aromatic heterocycles. The van der Waals surface area contributed by atoms with E-state index in [0.29, 0.717) is 17.9 Å². The van der Waals surface area contributed by atoms with Gasteiger partial charge in [-0.05, 0) is 25.2 Å². The molecule has 0 aromatic carbocycles. The second-order valence-corrected chi connectivity index (χ2v) is 4.92. The van der Waals surface area contributed by atoms with Crippen LogP contribution in [-0.2, 0) is 4.74 Å². The Morgan fingerprint density at radius 1 is 1.50 bits per heavy atom. The Morgan fingerprint density at radius 3 is 2.86 bits per heavy atom. The van der Waals surface area contributed by atoms with Crippen LogP contribution >= 0.6 is 0 Å². The van der Waals surface area contributed by atoms with E-state index in [1.54, 1.807) is 0 Å². The van der Waals surface area contributed by atoms with Gasteiger partial charge in [-0.1, -0.05) is 20.3 Å². The highest BCUT2D eigenvalue weighted by Gasteiger charge is 2.47. The first-order valence-corrected chi connectivity index (χ1v) is 5.63. The van der Waals surface area contributed by atoms with E-state index in [2.05, 4.69) is 18.8 Å². The van der Waals surface area contributed by atoms with E-state index in [1.165, 1.54) is 19.3 Å². The first kappa shape index (κ1) is 9.81. The van der Waals surface area contributed by atoms with Crippen molar-refractivity contribution in [1.82, 2.24) is 0 Å². The van der Waals surface area contributed by atoms with E-state index in [1.807, 2.05) is 0 Å². The van der Waals surface area contributed by atoms with Crippen LogP contribution in [0.15, 0.2) is 4.99 Å². The van der Waals surface area contributed by atoms with Crippen LogP contribution in [-0.4, -0.2) is 18.2 Å². The highest BCUT2D eigenvalue weighted by molar-refractivity contribution is 5.73. The van der Waals surface area contributed by atoms with Gasteiger partial charge in [0.05, 0.1) is 6.54 Å². The highest BCUT2D eigenvalue weighted by Crippen LogP contribution is 2.42. The van der Waals surface area contributed by atoms with E-state index >= 15 is 0 Å². The van der Waals surface area contributed by atoms with Crippen LogP contribution < -0.4 is 5.73 Å². The number of hydrogen-bond acceptors (Lipinski definition) is 3. The maximum atomic E-state index is 5.79. The number of aliphatic imine (C=N–C) groups is 1. The topological polar surface area (TPSA) is 47.6 Å². The Bertz CT molecular complexity index is 250. The van der Waals surface area contributed by atoms with Crippen LogP contribution in [0, 0.1) is 11.8 Å². The van der Waals surface area contributed by atoms with Crippen molar-refractivity contribution in [3.63, 3.8) is 0 Å². The molecule has 2 unspecified atom stereocenters. The van der Waals surface area contributed by atoms with E-state index in [0.717, 1.165) is 13.0 Å².